The van der Waals surface area contributed by atoms with Crippen LogP contribution in [0.5, 0.6) is 0 Å². The fourth-order valence-corrected chi connectivity index (χ4v) is 2.09. The van der Waals surface area contributed by atoms with E-state index in [2.05, 4.69) is 8.92 Å². The van der Waals surface area contributed by atoms with Gasteiger partial charge in [0.15, 0.2) is 0 Å². The Morgan fingerprint density at radius 2 is 1.40 bits per heavy atom. The van der Waals surface area contributed by atoms with E-state index in [9.17, 15) is 47.9 Å². The standard InChI is InChI=1S/C6H3F9O4S/c1-2(7,4(9,10)11)18-5(12,13)3(8)6(14,15)19-20(3,16)17/h1H3. The van der Waals surface area contributed by atoms with Gasteiger partial charge in [-0.1, -0.05) is 0 Å². The Kier molecular flexibility index (Phi) is 3.38. The summed E-state index contributed by atoms with van der Waals surface area (Å²) in [4.78, 5) is 0. The summed E-state index contributed by atoms with van der Waals surface area (Å²) in [5.74, 6) is -5.29. The van der Waals surface area contributed by atoms with Gasteiger partial charge in [-0.05, 0) is 0 Å². The summed E-state index contributed by atoms with van der Waals surface area (Å²) < 4.78 is 139. The van der Waals surface area contributed by atoms with Crippen LogP contribution in [-0.2, 0) is 19.0 Å². The lowest BCUT2D eigenvalue weighted by molar-refractivity contribution is -0.456. The van der Waals surface area contributed by atoms with Crippen molar-refractivity contribution in [2.45, 2.75) is 36.2 Å². The molecule has 0 amide bonds. The highest BCUT2D eigenvalue weighted by Gasteiger charge is 2.91. The van der Waals surface area contributed by atoms with Crippen LogP contribution in [0.15, 0.2) is 0 Å². The molecule has 14 heteroatoms. The first-order chi connectivity index (χ1) is 8.41. The lowest BCUT2D eigenvalue weighted by atomic mass is 10.3. The van der Waals surface area contributed by atoms with Gasteiger partial charge in [0.25, 0.3) is 0 Å². The van der Waals surface area contributed by atoms with Crippen molar-refractivity contribution in [3.05, 3.63) is 0 Å². The molecule has 0 aromatic carbocycles. The van der Waals surface area contributed by atoms with Crippen molar-refractivity contribution < 1.29 is 56.9 Å². The van der Waals surface area contributed by atoms with E-state index in [-0.39, 0.29) is 0 Å². The zero-order valence-electron chi connectivity index (χ0n) is 8.94. The van der Waals surface area contributed by atoms with Gasteiger partial charge in [-0.25, -0.2) is 8.78 Å². The van der Waals surface area contributed by atoms with E-state index < -0.39 is 46.3 Å². The highest BCUT2D eigenvalue weighted by Crippen LogP contribution is 2.59. The second kappa shape index (κ2) is 3.91. The quantitative estimate of drug-likeness (QED) is 0.584. The molecule has 0 spiro atoms. The van der Waals surface area contributed by atoms with Gasteiger partial charge in [-0.2, -0.15) is 43.3 Å². The topological polar surface area (TPSA) is 52.6 Å². The van der Waals surface area contributed by atoms with Crippen LogP contribution in [0.25, 0.3) is 0 Å². The Morgan fingerprint density at radius 3 is 1.65 bits per heavy atom. The number of ether oxygens (including phenoxy) is 1. The lowest BCUT2D eigenvalue weighted by Crippen LogP contribution is -2.74. The van der Waals surface area contributed by atoms with Crippen LogP contribution in [0.1, 0.15) is 6.92 Å². The Morgan fingerprint density at radius 1 is 1.00 bits per heavy atom. The number of rotatable bonds is 3. The van der Waals surface area contributed by atoms with Gasteiger partial charge in [0.05, 0.1) is 0 Å². The molecular formula is C6H3F9O4S. The summed E-state index contributed by atoms with van der Waals surface area (Å²) in [6.45, 7) is -0.686. The second-order valence-electron chi connectivity index (χ2n) is 3.68. The maximum atomic E-state index is 13.3. The SMILES string of the molecule is CC(F)(OC(F)(F)C1(F)C(F)(F)OS1(=O)=O)C(F)(F)F. The molecule has 2 atom stereocenters. The predicted octanol–water partition coefficient (Wildman–Crippen LogP) is 2.46. The molecule has 0 aromatic rings. The van der Waals surface area contributed by atoms with Crippen molar-refractivity contribution in [2.24, 2.45) is 0 Å². The maximum Gasteiger partial charge on any atom is 0.448 e. The Labute approximate surface area is 104 Å². The van der Waals surface area contributed by atoms with Crippen molar-refractivity contribution in [1.82, 2.24) is 0 Å². The molecule has 0 N–H and O–H groups in total. The molecule has 1 saturated heterocycles. The Bertz CT molecular complexity index is 509. The van der Waals surface area contributed by atoms with E-state index in [1.807, 2.05) is 0 Å². The second-order valence-corrected chi connectivity index (χ2v) is 5.32. The van der Waals surface area contributed by atoms with Crippen LogP contribution in [0.4, 0.5) is 39.5 Å². The molecule has 1 rings (SSSR count). The van der Waals surface area contributed by atoms with Crippen LogP contribution in [0, 0.1) is 0 Å². The number of halogens is 9. The zero-order chi connectivity index (χ0) is 16.4. The summed E-state index contributed by atoms with van der Waals surface area (Å²) in [6, 6.07) is 0. The summed E-state index contributed by atoms with van der Waals surface area (Å²) in [5.41, 5.74) is 0. The van der Waals surface area contributed by atoms with Crippen LogP contribution < -0.4 is 0 Å². The van der Waals surface area contributed by atoms with Gasteiger partial charge in [-0.15, -0.1) is 0 Å². The molecule has 0 saturated carbocycles. The highest BCUT2D eigenvalue weighted by atomic mass is 32.2. The smallest absolute Gasteiger partial charge is 0.271 e. The number of hydrogen-bond acceptors (Lipinski definition) is 4. The maximum absolute atomic E-state index is 13.3. The molecule has 120 valence electrons. The average molecular weight is 342 g/mol. The Balaban J connectivity index is 3.25. The lowest BCUT2D eigenvalue weighted by Gasteiger charge is -2.44. The van der Waals surface area contributed by atoms with Gasteiger partial charge in [0, 0.05) is 6.92 Å². The summed E-state index contributed by atoms with van der Waals surface area (Å²) in [5, 5.41) is -5.99. The number of alkyl halides is 9. The molecule has 0 radical (unpaired) electrons. The van der Waals surface area contributed by atoms with Crippen molar-refractivity contribution in [1.29, 1.82) is 0 Å². The summed E-state index contributed by atoms with van der Waals surface area (Å²) in [6.07, 6.45) is -18.3. The average Bonchev–Trinajstić information content (AvgIpc) is 2.10. The van der Waals surface area contributed by atoms with Gasteiger partial charge in [0.2, 0.25) is 0 Å². The van der Waals surface area contributed by atoms with Crippen molar-refractivity contribution in [3.63, 3.8) is 0 Å². The van der Waals surface area contributed by atoms with E-state index in [0.29, 0.717) is 0 Å². The predicted molar refractivity (Wildman–Crippen MR) is 40.4 cm³/mol. The molecule has 0 aromatic heterocycles. The first-order valence-corrected chi connectivity index (χ1v) is 5.68. The minimum Gasteiger partial charge on any atom is -0.271 e. The third-order valence-electron chi connectivity index (χ3n) is 2.13. The van der Waals surface area contributed by atoms with E-state index in [1.54, 1.807) is 0 Å². The third kappa shape index (κ3) is 2.04. The van der Waals surface area contributed by atoms with Crippen molar-refractivity contribution in [3.8, 4) is 0 Å². The van der Waals surface area contributed by atoms with E-state index in [0.717, 1.165) is 0 Å². The zero-order valence-corrected chi connectivity index (χ0v) is 9.76. The summed E-state index contributed by atoms with van der Waals surface area (Å²) >= 11 is 0. The Hall–Kier alpha value is -0.760. The minimum absolute atomic E-state index is 0.686. The van der Waals surface area contributed by atoms with Crippen LogP contribution >= 0.6 is 0 Å². The molecule has 0 bridgehead atoms. The fourth-order valence-electron chi connectivity index (χ4n) is 1.04. The highest BCUT2D eigenvalue weighted by molar-refractivity contribution is 7.89. The number of hydrogen-bond donors (Lipinski definition) is 0. The molecule has 1 fully saturated rings. The van der Waals surface area contributed by atoms with Gasteiger partial charge >= 0.3 is 39.4 Å². The molecule has 2 unspecified atom stereocenters. The first-order valence-electron chi connectivity index (χ1n) is 4.27. The molecule has 1 aliphatic heterocycles. The summed E-state index contributed by atoms with van der Waals surface area (Å²) in [7, 11) is -6.33. The van der Waals surface area contributed by atoms with Gasteiger partial charge in [-0.3, -0.25) is 4.74 Å². The van der Waals surface area contributed by atoms with Gasteiger partial charge < -0.3 is 0 Å². The van der Waals surface area contributed by atoms with Gasteiger partial charge in [0.1, 0.15) is 0 Å². The molecule has 0 aliphatic carbocycles. The monoisotopic (exact) mass is 342 g/mol. The molecular weight excluding hydrogens is 339 g/mol. The van der Waals surface area contributed by atoms with E-state index in [4.69, 9.17) is 0 Å². The molecule has 20 heavy (non-hydrogen) atoms. The fraction of sp³-hybridized carbons (Fsp3) is 1.00. The first kappa shape index (κ1) is 17.3. The normalized spacial score (nSPS) is 32.3. The van der Waals surface area contributed by atoms with Crippen molar-refractivity contribution in [2.75, 3.05) is 0 Å². The minimum atomic E-state index is -6.38. The third-order valence-corrected chi connectivity index (χ3v) is 3.73. The van der Waals surface area contributed by atoms with Crippen LogP contribution in [0.3, 0.4) is 0 Å². The largest absolute Gasteiger partial charge is 0.448 e. The molecule has 1 heterocycles. The van der Waals surface area contributed by atoms with Crippen molar-refractivity contribution >= 4 is 10.1 Å². The van der Waals surface area contributed by atoms with Crippen LogP contribution in [-0.4, -0.2) is 37.7 Å². The van der Waals surface area contributed by atoms with E-state index in [1.165, 1.54) is 0 Å². The molecule has 1 aliphatic rings. The van der Waals surface area contributed by atoms with E-state index >= 15 is 0 Å². The van der Waals surface area contributed by atoms with Crippen LogP contribution in [0.2, 0.25) is 0 Å². The molecule has 4 nitrogen and oxygen atoms in total.